The Balaban J connectivity index is 2.43. The van der Waals surface area contributed by atoms with Crippen molar-refractivity contribution < 1.29 is 4.79 Å². The number of rotatable bonds is 2. The first-order valence-corrected chi connectivity index (χ1v) is 3.63. The topological polar surface area (TPSA) is 20.3 Å². The van der Waals surface area contributed by atoms with Crippen molar-refractivity contribution in [1.29, 1.82) is 0 Å². The summed E-state index contributed by atoms with van der Waals surface area (Å²) in [6.07, 6.45) is 4.86. The van der Waals surface area contributed by atoms with Gasteiger partial charge < -0.3 is 9.69 Å². The molecule has 0 bridgehead atoms. The molecule has 0 unspecified atom stereocenters. The maximum Gasteiger partial charge on any atom is 0.124 e. The van der Waals surface area contributed by atoms with E-state index in [4.69, 9.17) is 0 Å². The number of hydrogen-bond donors (Lipinski definition) is 0. The largest absolute Gasteiger partial charge is 0.303 e. The van der Waals surface area contributed by atoms with Gasteiger partial charge in [-0.15, -0.1) is 0 Å². The van der Waals surface area contributed by atoms with Crippen molar-refractivity contribution in [2.75, 3.05) is 20.1 Å². The highest BCUT2D eigenvalue weighted by Crippen LogP contribution is 2.09. The third-order valence-corrected chi connectivity index (χ3v) is 1.76. The van der Waals surface area contributed by atoms with E-state index in [2.05, 4.69) is 18.0 Å². The second-order valence-electron chi connectivity index (χ2n) is 2.76. The van der Waals surface area contributed by atoms with E-state index in [9.17, 15) is 4.79 Å². The van der Waals surface area contributed by atoms with E-state index in [1.165, 1.54) is 5.57 Å². The van der Waals surface area contributed by atoms with Crippen molar-refractivity contribution in [2.45, 2.75) is 12.8 Å². The molecule has 0 atom stereocenters. The summed E-state index contributed by atoms with van der Waals surface area (Å²) in [7, 11) is 2.08. The van der Waals surface area contributed by atoms with Crippen molar-refractivity contribution in [3.05, 3.63) is 11.6 Å². The highest BCUT2D eigenvalue weighted by Gasteiger charge is 2.06. The Hall–Kier alpha value is -0.630. The number of nitrogens with zero attached hydrogens (tertiary/aromatic N) is 1. The summed E-state index contributed by atoms with van der Waals surface area (Å²) in [5.74, 6) is 0. The van der Waals surface area contributed by atoms with Gasteiger partial charge in [-0.3, -0.25) is 0 Å². The number of hydrogen-bond acceptors (Lipinski definition) is 2. The second-order valence-corrected chi connectivity index (χ2v) is 2.76. The molecule has 0 radical (unpaired) electrons. The van der Waals surface area contributed by atoms with E-state index in [1.807, 2.05) is 0 Å². The summed E-state index contributed by atoms with van der Waals surface area (Å²) < 4.78 is 0. The van der Waals surface area contributed by atoms with Crippen LogP contribution in [0.25, 0.3) is 0 Å². The Morgan fingerprint density at radius 1 is 1.80 bits per heavy atom. The molecule has 56 valence electrons. The predicted molar refractivity (Wildman–Crippen MR) is 40.9 cm³/mol. The standard InChI is InChI=1S/C8H13NO/c1-9-5-2-3-8(7-9)4-6-10/h3,6H,2,4-5,7H2,1H3. The SMILES string of the molecule is CN1CCC=C(CC=O)C1. The molecule has 0 saturated carbocycles. The van der Waals surface area contributed by atoms with Crippen molar-refractivity contribution in [1.82, 2.24) is 4.90 Å². The van der Waals surface area contributed by atoms with Crippen LogP contribution in [0.2, 0.25) is 0 Å². The molecule has 1 aliphatic heterocycles. The minimum atomic E-state index is 0.615. The van der Waals surface area contributed by atoms with Crippen molar-refractivity contribution in [2.24, 2.45) is 0 Å². The maximum atomic E-state index is 10.1. The quantitative estimate of drug-likeness (QED) is 0.417. The van der Waals surface area contributed by atoms with E-state index in [1.54, 1.807) is 0 Å². The molecule has 0 aromatic heterocycles. The van der Waals surface area contributed by atoms with Crippen molar-refractivity contribution >= 4 is 6.29 Å². The molecule has 2 nitrogen and oxygen atoms in total. The second kappa shape index (κ2) is 3.52. The van der Waals surface area contributed by atoms with Crippen LogP contribution in [-0.4, -0.2) is 31.3 Å². The third-order valence-electron chi connectivity index (χ3n) is 1.76. The van der Waals surface area contributed by atoms with Gasteiger partial charge in [-0.1, -0.05) is 11.6 Å². The normalized spacial score (nSPS) is 20.3. The summed E-state index contributed by atoms with van der Waals surface area (Å²) in [6, 6.07) is 0. The fraction of sp³-hybridized carbons (Fsp3) is 0.625. The highest BCUT2D eigenvalue weighted by atomic mass is 16.1. The van der Waals surface area contributed by atoms with Crippen LogP contribution < -0.4 is 0 Å². The Labute approximate surface area is 61.5 Å². The van der Waals surface area contributed by atoms with Crippen LogP contribution in [0.15, 0.2) is 11.6 Å². The first-order chi connectivity index (χ1) is 4.83. The smallest absolute Gasteiger partial charge is 0.124 e. The lowest BCUT2D eigenvalue weighted by Gasteiger charge is -2.21. The average molecular weight is 139 g/mol. The molecule has 0 aromatic carbocycles. The van der Waals surface area contributed by atoms with Gasteiger partial charge in [-0.25, -0.2) is 0 Å². The average Bonchev–Trinajstić information content (AvgIpc) is 1.88. The Morgan fingerprint density at radius 3 is 3.20 bits per heavy atom. The van der Waals surface area contributed by atoms with Crippen LogP contribution >= 0.6 is 0 Å². The first kappa shape index (κ1) is 7.48. The molecule has 2 heteroatoms. The summed E-state index contributed by atoms with van der Waals surface area (Å²) in [5, 5.41) is 0. The fourth-order valence-electron chi connectivity index (χ4n) is 1.23. The Morgan fingerprint density at radius 2 is 2.60 bits per heavy atom. The van der Waals surface area contributed by atoms with Gasteiger partial charge >= 0.3 is 0 Å². The molecule has 0 saturated heterocycles. The molecule has 10 heavy (non-hydrogen) atoms. The van der Waals surface area contributed by atoms with Gasteiger partial charge in [0, 0.05) is 19.5 Å². The zero-order valence-corrected chi connectivity index (χ0v) is 6.34. The van der Waals surface area contributed by atoms with Crippen LogP contribution in [-0.2, 0) is 4.79 Å². The molecular formula is C8H13NO. The molecule has 0 aromatic rings. The van der Waals surface area contributed by atoms with Gasteiger partial charge in [-0.05, 0) is 13.5 Å². The van der Waals surface area contributed by atoms with Gasteiger partial charge in [0.1, 0.15) is 6.29 Å². The summed E-state index contributed by atoms with van der Waals surface area (Å²) >= 11 is 0. The summed E-state index contributed by atoms with van der Waals surface area (Å²) in [4.78, 5) is 12.4. The molecule has 1 rings (SSSR count). The van der Waals surface area contributed by atoms with E-state index >= 15 is 0 Å². The van der Waals surface area contributed by atoms with Gasteiger partial charge in [0.15, 0.2) is 0 Å². The van der Waals surface area contributed by atoms with Gasteiger partial charge in [-0.2, -0.15) is 0 Å². The van der Waals surface area contributed by atoms with Crippen LogP contribution in [0.5, 0.6) is 0 Å². The number of carbonyl (C=O) groups is 1. The van der Waals surface area contributed by atoms with E-state index in [0.29, 0.717) is 6.42 Å². The lowest BCUT2D eigenvalue weighted by molar-refractivity contribution is -0.107. The predicted octanol–water partition coefficient (Wildman–Crippen LogP) is 0.837. The zero-order chi connectivity index (χ0) is 7.40. The maximum absolute atomic E-state index is 10.1. The van der Waals surface area contributed by atoms with Crippen LogP contribution in [0.3, 0.4) is 0 Å². The summed E-state index contributed by atoms with van der Waals surface area (Å²) in [6.45, 7) is 2.10. The fourth-order valence-corrected chi connectivity index (χ4v) is 1.23. The highest BCUT2D eigenvalue weighted by molar-refractivity contribution is 5.54. The first-order valence-electron chi connectivity index (χ1n) is 3.63. The minimum Gasteiger partial charge on any atom is -0.303 e. The number of carbonyl (C=O) groups excluding carboxylic acids is 1. The number of likely N-dealkylation sites (N-methyl/N-ethyl adjacent to an activating group) is 1. The molecule has 0 amide bonds. The molecule has 0 aliphatic carbocycles. The number of aldehydes is 1. The van der Waals surface area contributed by atoms with Gasteiger partial charge in [0.25, 0.3) is 0 Å². The monoisotopic (exact) mass is 139 g/mol. The lowest BCUT2D eigenvalue weighted by atomic mass is 10.1. The van der Waals surface area contributed by atoms with E-state index in [0.717, 1.165) is 25.8 Å². The van der Waals surface area contributed by atoms with Crippen LogP contribution in [0.1, 0.15) is 12.8 Å². The molecule has 0 fully saturated rings. The van der Waals surface area contributed by atoms with Crippen LogP contribution in [0.4, 0.5) is 0 Å². The van der Waals surface area contributed by atoms with Gasteiger partial charge in [0.05, 0.1) is 0 Å². The molecule has 1 aliphatic rings. The van der Waals surface area contributed by atoms with Crippen LogP contribution in [0, 0.1) is 0 Å². The Bertz CT molecular complexity index is 151. The zero-order valence-electron chi connectivity index (χ0n) is 6.34. The molecule has 0 N–H and O–H groups in total. The van der Waals surface area contributed by atoms with Crippen molar-refractivity contribution in [3.63, 3.8) is 0 Å². The molecular weight excluding hydrogens is 126 g/mol. The Kier molecular flexibility index (Phi) is 2.63. The van der Waals surface area contributed by atoms with E-state index < -0.39 is 0 Å². The lowest BCUT2D eigenvalue weighted by Crippen LogP contribution is -2.25. The van der Waals surface area contributed by atoms with Gasteiger partial charge in [0.2, 0.25) is 0 Å². The summed E-state index contributed by atoms with van der Waals surface area (Å²) in [5.41, 5.74) is 1.27. The van der Waals surface area contributed by atoms with Crippen molar-refractivity contribution in [3.8, 4) is 0 Å². The minimum absolute atomic E-state index is 0.615. The third kappa shape index (κ3) is 1.95. The molecule has 0 spiro atoms. The van der Waals surface area contributed by atoms with E-state index in [-0.39, 0.29) is 0 Å². The molecule has 1 heterocycles.